The number of fused-ring (bicyclic) bond motifs is 3. The smallest absolute Gasteiger partial charge is 0.0498 e. The fourth-order valence-electron chi connectivity index (χ4n) is 2.30. The predicted molar refractivity (Wildman–Crippen MR) is 75.2 cm³/mol. The van der Waals surface area contributed by atoms with E-state index in [1.807, 2.05) is 22.7 Å². The Hall–Kier alpha value is 0.360. The number of rotatable bonds is 0. The van der Waals surface area contributed by atoms with Gasteiger partial charge in [-0.25, -0.2) is 0 Å². The van der Waals surface area contributed by atoms with Crippen molar-refractivity contribution in [1.82, 2.24) is 0 Å². The second-order valence-corrected chi connectivity index (χ2v) is 7.67. The van der Waals surface area contributed by atoms with E-state index < -0.39 is 0 Å². The van der Waals surface area contributed by atoms with Gasteiger partial charge in [-0.1, -0.05) is 13.8 Å². The van der Waals surface area contributed by atoms with Gasteiger partial charge in [-0.05, 0) is 43.0 Å². The van der Waals surface area contributed by atoms with Crippen molar-refractivity contribution in [2.75, 3.05) is 0 Å². The first kappa shape index (κ1) is 10.5. The molecule has 4 heteroatoms. The molecule has 0 amide bonds. The van der Waals surface area contributed by atoms with Crippen LogP contribution in [-0.4, -0.2) is 0 Å². The lowest BCUT2D eigenvalue weighted by molar-refractivity contribution is 0.657. The molecule has 0 spiro atoms. The molecule has 0 radical (unpaired) electrons. The first-order valence-corrected chi connectivity index (χ1v) is 7.93. The Labute approximate surface area is 114 Å². The second kappa shape index (κ2) is 3.19. The molecule has 1 aliphatic carbocycles. The number of hydrogen-bond acceptors (Lipinski definition) is 2. The number of halogens is 2. The van der Waals surface area contributed by atoms with Crippen LogP contribution in [0.15, 0.2) is 19.7 Å². The molecule has 15 heavy (non-hydrogen) atoms. The van der Waals surface area contributed by atoms with Crippen LogP contribution in [0.5, 0.6) is 0 Å². The summed E-state index contributed by atoms with van der Waals surface area (Å²) in [5, 5.41) is 4.39. The van der Waals surface area contributed by atoms with Crippen molar-refractivity contribution < 1.29 is 0 Å². The van der Waals surface area contributed by atoms with Gasteiger partial charge in [0.2, 0.25) is 0 Å². The molecule has 2 heterocycles. The lowest BCUT2D eigenvalue weighted by Gasteiger charge is -2.20. The van der Waals surface area contributed by atoms with Gasteiger partial charge in [0.15, 0.2) is 0 Å². The zero-order chi connectivity index (χ0) is 10.8. The molecular formula is C11H8Br2S2. The number of thiophene rings is 2. The third kappa shape index (κ3) is 1.22. The van der Waals surface area contributed by atoms with E-state index in [1.54, 1.807) is 0 Å². The molecule has 1 aliphatic rings. The van der Waals surface area contributed by atoms with E-state index in [0.717, 1.165) is 0 Å². The monoisotopic (exact) mass is 362 g/mol. The van der Waals surface area contributed by atoms with Gasteiger partial charge < -0.3 is 0 Å². The van der Waals surface area contributed by atoms with Crippen LogP contribution in [-0.2, 0) is 5.41 Å². The minimum Gasteiger partial charge on any atom is -0.141 e. The molecule has 2 aromatic heterocycles. The zero-order valence-corrected chi connectivity index (χ0v) is 13.0. The molecule has 0 fully saturated rings. The Morgan fingerprint density at radius 3 is 1.73 bits per heavy atom. The molecular weight excluding hydrogens is 356 g/mol. The molecule has 0 nitrogen and oxygen atoms in total. The molecule has 78 valence electrons. The van der Waals surface area contributed by atoms with Crippen molar-refractivity contribution in [1.29, 1.82) is 0 Å². The van der Waals surface area contributed by atoms with Gasteiger partial charge in [-0.2, -0.15) is 0 Å². The molecule has 0 aliphatic heterocycles. The Kier molecular flexibility index (Phi) is 2.23. The highest BCUT2D eigenvalue weighted by Crippen LogP contribution is 2.58. The maximum absolute atomic E-state index is 3.66. The molecule has 0 aromatic carbocycles. The first-order chi connectivity index (χ1) is 7.03. The topological polar surface area (TPSA) is 0 Å². The third-order valence-corrected chi connectivity index (χ3v) is 6.93. The second-order valence-electron chi connectivity index (χ2n) is 4.20. The van der Waals surface area contributed by atoms with Crippen molar-refractivity contribution in [2.45, 2.75) is 19.3 Å². The summed E-state index contributed by atoms with van der Waals surface area (Å²) in [5.74, 6) is 0. The van der Waals surface area contributed by atoms with Crippen molar-refractivity contribution in [2.24, 2.45) is 0 Å². The van der Waals surface area contributed by atoms with Gasteiger partial charge in [0.25, 0.3) is 0 Å². The van der Waals surface area contributed by atoms with Crippen LogP contribution >= 0.6 is 54.5 Å². The van der Waals surface area contributed by atoms with E-state index in [4.69, 9.17) is 0 Å². The summed E-state index contributed by atoms with van der Waals surface area (Å²) < 4.78 is 2.51. The maximum Gasteiger partial charge on any atom is 0.0498 e. The highest BCUT2D eigenvalue weighted by atomic mass is 79.9. The summed E-state index contributed by atoms with van der Waals surface area (Å²) in [5.41, 5.74) is 3.03. The van der Waals surface area contributed by atoms with Crippen LogP contribution < -0.4 is 0 Å². The van der Waals surface area contributed by atoms with E-state index in [-0.39, 0.29) is 5.41 Å². The zero-order valence-electron chi connectivity index (χ0n) is 8.23. The Bertz CT molecular complexity index is 501. The molecule has 0 unspecified atom stereocenters. The molecule has 0 saturated carbocycles. The predicted octanol–water partition coefficient (Wildman–Crippen LogP) is 5.64. The molecule has 3 rings (SSSR count). The summed E-state index contributed by atoms with van der Waals surface area (Å²) in [4.78, 5) is 2.88. The van der Waals surface area contributed by atoms with E-state index in [9.17, 15) is 0 Å². The standard InChI is InChI=1S/C11H8Br2S2/c1-11(2)7-5(12)3-14-9(7)10-8(11)6(13)4-15-10/h3-4H,1-2H3. The van der Waals surface area contributed by atoms with Crippen LogP contribution in [0.25, 0.3) is 9.75 Å². The Balaban J connectivity index is 2.43. The lowest BCUT2D eigenvalue weighted by atomic mass is 9.84. The van der Waals surface area contributed by atoms with Crippen molar-refractivity contribution in [3.63, 3.8) is 0 Å². The summed E-state index contributed by atoms with van der Waals surface area (Å²) >= 11 is 11.0. The van der Waals surface area contributed by atoms with Crippen molar-refractivity contribution in [3.8, 4) is 9.75 Å². The fraction of sp³-hybridized carbons (Fsp3) is 0.273. The fourth-order valence-corrected chi connectivity index (χ4v) is 6.86. The van der Waals surface area contributed by atoms with Crippen LogP contribution in [0.3, 0.4) is 0 Å². The largest absolute Gasteiger partial charge is 0.141 e. The third-order valence-electron chi connectivity index (χ3n) is 2.95. The summed E-state index contributed by atoms with van der Waals surface area (Å²) in [7, 11) is 0. The van der Waals surface area contributed by atoms with E-state index >= 15 is 0 Å². The molecule has 0 saturated heterocycles. The van der Waals surface area contributed by atoms with E-state index in [0.29, 0.717) is 0 Å². The van der Waals surface area contributed by atoms with Gasteiger partial charge >= 0.3 is 0 Å². The van der Waals surface area contributed by atoms with Gasteiger partial charge in [-0.3, -0.25) is 0 Å². The van der Waals surface area contributed by atoms with Gasteiger partial charge in [-0.15, -0.1) is 22.7 Å². The SMILES string of the molecule is CC1(C)c2c(Br)csc2-c2scc(Br)c21. The Morgan fingerprint density at radius 2 is 1.33 bits per heavy atom. The maximum atomic E-state index is 3.66. The quantitative estimate of drug-likeness (QED) is 0.568. The molecule has 0 N–H and O–H groups in total. The molecule has 2 aromatic rings. The normalized spacial score (nSPS) is 16.5. The van der Waals surface area contributed by atoms with Gasteiger partial charge in [0.1, 0.15) is 0 Å². The summed E-state index contributed by atoms with van der Waals surface area (Å²) in [6.45, 7) is 4.60. The lowest BCUT2D eigenvalue weighted by Crippen LogP contribution is -2.15. The first-order valence-electron chi connectivity index (χ1n) is 4.58. The minimum absolute atomic E-state index is 0.127. The van der Waals surface area contributed by atoms with Gasteiger partial charge in [0, 0.05) is 34.9 Å². The molecule has 0 bridgehead atoms. The highest BCUT2D eigenvalue weighted by Gasteiger charge is 2.41. The number of hydrogen-bond donors (Lipinski definition) is 0. The molecule has 0 atom stereocenters. The van der Waals surface area contributed by atoms with Crippen molar-refractivity contribution >= 4 is 54.5 Å². The van der Waals surface area contributed by atoms with Gasteiger partial charge in [0.05, 0.1) is 0 Å². The summed E-state index contributed by atoms with van der Waals surface area (Å²) in [6, 6.07) is 0. The minimum atomic E-state index is 0.127. The van der Waals surface area contributed by atoms with E-state index in [1.165, 1.54) is 29.8 Å². The van der Waals surface area contributed by atoms with Crippen LogP contribution in [0.2, 0.25) is 0 Å². The van der Waals surface area contributed by atoms with Crippen molar-refractivity contribution in [3.05, 3.63) is 30.8 Å². The average Bonchev–Trinajstić information content (AvgIpc) is 2.73. The average molecular weight is 364 g/mol. The van der Waals surface area contributed by atoms with Crippen LogP contribution in [0, 0.1) is 0 Å². The van der Waals surface area contributed by atoms with Crippen LogP contribution in [0.1, 0.15) is 25.0 Å². The highest BCUT2D eigenvalue weighted by molar-refractivity contribution is 9.11. The summed E-state index contributed by atoms with van der Waals surface area (Å²) in [6.07, 6.45) is 0. The Morgan fingerprint density at radius 1 is 0.933 bits per heavy atom. The van der Waals surface area contributed by atoms with E-state index in [2.05, 4.69) is 56.5 Å². The van der Waals surface area contributed by atoms with Crippen LogP contribution in [0.4, 0.5) is 0 Å².